The summed E-state index contributed by atoms with van der Waals surface area (Å²) in [5, 5.41) is 6.35. The Morgan fingerprint density at radius 3 is 2.80 bits per heavy atom. The molecule has 1 aliphatic rings. The quantitative estimate of drug-likeness (QED) is 0.324. The Morgan fingerprint density at radius 1 is 1.20 bits per heavy atom. The predicted octanol–water partition coefficient (Wildman–Crippen LogP) is 3.62. The first kappa shape index (κ1) is 24.1. The van der Waals surface area contributed by atoms with E-state index in [1.807, 2.05) is 6.92 Å². The van der Waals surface area contributed by atoms with Gasteiger partial charge >= 0.3 is 0 Å². The molecular weight excluding hydrogens is 507 g/mol. The summed E-state index contributed by atoms with van der Waals surface area (Å²) < 4.78 is 43.5. The lowest BCUT2D eigenvalue weighted by Crippen LogP contribution is -2.42. The standard InChI is InChI=1S/C21H25F2N3O3.HI/c1-14(29-19-5-3-4-17(22)10-19)11-26-21(24-2)25-7-6-15-8-18(23)9-16-12-27-13-28-20(15)16;/h3-5,8-10,14H,6-7,11-13H2,1-2H3,(H2,24,25,26);1H. The molecule has 0 spiro atoms. The van der Waals surface area contributed by atoms with Gasteiger partial charge in [-0.3, -0.25) is 4.99 Å². The summed E-state index contributed by atoms with van der Waals surface area (Å²) in [6, 6.07) is 8.94. The molecule has 2 N–H and O–H groups in total. The number of aliphatic imine (C=N–C) groups is 1. The number of benzene rings is 2. The van der Waals surface area contributed by atoms with Crippen molar-refractivity contribution in [2.45, 2.75) is 26.1 Å². The number of hydrogen-bond donors (Lipinski definition) is 2. The Labute approximate surface area is 192 Å². The fraction of sp³-hybridized carbons (Fsp3) is 0.381. The van der Waals surface area contributed by atoms with Crippen molar-refractivity contribution in [1.29, 1.82) is 0 Å². The second-order valence-corrected chi connectivity index (χ2v) is 6.68. The van der Waals surface area contributed by atoms with Gasteiger partial charge in [-0.25, -0.2) is 8.78 Å². The Hall–Kier alpha value is -2.14. The van der Waals surface area contributed by atoms with Gasteiger partial charge in [0.25, 0.3) is 0 Å². The van der Waals surface area contributed by atoms with E-state index in [2.05, 4.69) is 15.6 Å². The van der Waals surface area contributed by atoms with Gasteiger partial charge in [-0.2, -0.15) is 0 Å². The van der Waals surface area contributed by atoms with E-state index in [1.165, 1.54) is 24.3 Å². The number of hydrogen-bond acceptors (Lipinski definition) is 4. The third-order valence-corrected chi connectivity index (χ3v) is 4.35. The molecule has 30 heavy (non-hydrogen) atoms. The van der Waals surface area contributed by atoms with Gasteiger partial charge in [0.1, 0.15) is 29.2 Å². The van der Waals surface area contributed by atoms with Crippen LogP contribution in [0.5, 0.6) is 11.5 Å². The summed E-state index contributed by atoms with van der Waals surface area (Å²) in [5.41, 5.74) is 1.51. The lowest BCUT2D eigenvalue weighted by Gasteiger charge is -2.21. The number of guanidine groups is 1. The average Bonchev–Trinajstić information content (AvgIpc) is 2.70. The maximum atomic E-state index is 13.8. The van der Waals surface area contributed by atoms with Gasteiger partial charge in [-0.05, 0) is 43.2 Å². The van der Waals surface area contributed by atoms with Gasteiger partial charge in [-0.15, -0.1) is 24.0 Å². The molecule has 6 nitrogen and oxygen atoms in total. The molecule has 3 rings (SSSR count). The molecule has 0 aliphatic carbocycles. The molecule has 0 saturated carbocycles. The van der Waals surface area contributed by atoms with Gasteiger partial charge in [0, 0.05) is 25.2 Å². The largest absolute Gasteiger partial charge is 0.489 e. The van der Waals surface area contributed by atoms with Crippen LogP contribution < -0.4 is 20.1 Å². The molecule has 0 fully saturated rings. The maximum Gasteiger partial charge on any atom is 0.191 e. The third kappa shape index (κ3) is 6.98. The summed E-state index contributed by atoms with van der Waals surface area (Å²) in [4.78, 5) is 4.17. The van der Waals surface area contributed by atoms with E-state index >= 15 is 0 Å². The van der Waals surface area contributed by atoms with E-state index in [4.69, 9.17) is 14.2 Å². The van der Waals surface area contributed by atoms with Crippen LogP contribution in [0.1, 0.15) is 18.1 Å². The number of ether oxygens (including phenoxy) is 3. The van der Waals surface area contributed by atoms with E-state index in [9.17, 15) is 8.78 Å². The van der Waals surface area contributed by atoms with Crippen molar-refractivity contribution in [2.24, 2.45) is 4.99 Å². The van der Waals surface area contributed by atoms with E-state index in [0.29, 0.717) is 43.6 Å². The zero-order valence-electron chi connectivity index (χ0n) is 16.9. The first-order chi connectivity index (χ1) is 14.0. The SMILES string of the molecule is CN=C(NCCc1cc(F)cc2c1OCOC2)NCC(C)Oc1cccc(F)c1.I. The van der Waals surface area contributed by atoms with E-state index in [0.717, 1.165) is 11.1 Å². The normalized spacial score (nSPS) is 14.1. The number of nitrogens with one attached hydrogen (secondary N) is 2. The Morgan fingerprint density at radius 2 is 2.03 bits per heavy atom. The van der Waals surface area contributed by atoms with Crippen LogP contribution in [-0.4, -0.2) is 39.0 Å². The summed E-state index contributed by atoms with van der Waals surface area (Å²) in [5.74, 6) is 1.12. The van der Waals surface area contributed by atoms with Crippen LogP contribution in [0.4, 0.5) is 8.78 Å². The lowest BCUT2D eigenvalue weighted by atomic mass is 10.1. The third-order valence-electron chi connectivity index (χ3n) is 4.35. The minimum absolute atomic E-state index is 0. The van der Waals surface area contributed by atoms with Crippen molar-refractivity contribution in [2.75, 3.05) is 26.9 Å². The summed E-state index contributed by atoms with van der Waals surface area (Å²) in [7, 11) is 1.66. The highest BCUT2D eigenvalue weighted by Crippen LogP contribution is 2.29. The van der Waals surface area contributed by atoms with Gasteiger partial charge < -0.3 is 24.8 Å². The highest BCUT2D eigenvalue weighted by Gasteiger charge is 2.17. The molecule has 0 aromatic heterocycles. The lowest BCUT2D eigenvalue weighted by molar-refractivity contribution is -0.0172. The molecule has 0 bridgehead atoms. The number of nitrogens with zero attached hydrogens (tertiary/aromatic N) is 1. The fourth-order valence-electron chi connectivity index (χ4n) is 3.03. The van der Waals surface area contributed by atoms with Crippen LogP contribution in [0.3, 0.4) is 0 Å². The molecule has 2 aromatic carbocycles. The molecule has 1 atom stereocenters. The van der Waals surface area contributed by atoms with Gasteiger partial charge in [-0.1, -0.05) is 6.07 Å². The van der Waals surface area contributed by atoms with Gasteiger partial charge in [0.15, 0.2) is 12.8 Å². The molecule has 0 saturated heterocycles. The molecule has 1 aliphatic heterocycles. The van der Waals surface area contributed by atoms with Crippen LogP contribution in [0, 0.1) is 11.6 Å². The van der Waals surface area contributed by atoms with Crippen LogP contribution in [0.15, 0.2) is 41.4 Å². The number of fused-ring (bicyclic) bond motifs is 1. The molecular formula is C21H26F2IN3O3. The van der Waals surface area contributed by atoms with Crippen molar-refractivity contribution in [1.82, 2.24) is 10.6 Å². The molecule has 1 heterocycles. The molecule has 0 radical (unpaired) electrons. The van der Waals surface area contributed by atoms with Crippen molar-refractivity contribution < 1.29 is 23.0 Å². The molecule has 1 unspecified atom stereocenters. The second-order valence-electron chi connectivity index (χ2n) is 6.68. The average molecular weight is 533 g/mol. The molecule has 2 aromatic rings. The Balaban J connectivity index is 0.00000320. The monoisotopic (exact) mass is 533 g/mol. The predicted molar refractivity (Wildman–Crippen MR) is 122 cm³/mol. The Bertz CT molecular complexity index is 867. The first-order valence-electron chi connectivity index (χ1n) is 9.43. The van der Waals surface area contributed by atoms with Gasteiger partial charge in [0.2, 0.25) is 0 Å². The zero-order valence-corrected chi connectivity index (χ0v) is 19.2. The second kappa shape index (κ2) is 11.9. The van der Waals surface area contributed by atoms with Crippen LogP contribution in [-0.2, 0) is 17.8 Å². The number of halogens is 3. The summed E-state index contributed by atoms with van der Waals surface area (Å²) in [6.45, 7) is 3.42. The highest BCUT2D eigenvalue weighted by molar-refractivity contribution is 14.0. The fourth-order valence-corrected chi connectivity index (χ4v) is 3.03. The van der Waals surface area contributed by atoms with Crippen molar-refractivity contribution in [3.05, 3.63) is 59.2 Å². The van der Waals surface area contributed by atoms with E-state index in [-0.39, 0.29) is 48.5 Å². The smallest absolute Gasteiger partial charge is 0.191 e. The minimum Gasteiger partial charge on any atom is -0.489 e. The van der Waals surface area contributed by atoms with Crippen molar-refractivity contribution in [3.63, 3.8) is 0 Å². The molecule has 9 heteroatoms. The molecule has 0 amide bonds. The minimum atomic E-state index is -0.338. The van der Waals surface area contributed by atoms with Crippen LogP contribution >= 0.6 is 24.0 Å². The highest BCUT2D eigenvalue weighted by atomic mass is 127. The van der Waals surface area contributed by atoms with Gasteiger partial charge in [0.05, 0.1) is 13.2 Å². The first-order valence-corrected chi connectivity index (χ1v) is 9.43. The topological polar surface area (TPSA) is 64.1 Å². The van der Waals surface area contributed by atoms with Crippen LogP contribution in [0.2, 0.25) is 0 Å². The summed E-state index contributed by atoms with van der Waals surface area (Å²) in [6.07, 6.45) is 0.370. The van der Waals surface area contributed by atoms with Crippen molar-refractivity contribution >= 4 is 29.9 Å². The van der Waals surface area contributed by atoms with Crippen molar-refractivity contribution in [3.8, 4) is 11.5 Å². The number of rotatable bonds is 7. The zero-order chi connectivity index (χ0) is 20.6. The maximum absolute atomic E-state index is 13.8. The molecule has 164 valence electrons. The van der Waals surface area contributed by atoms with Crippen LogP contribution in [0.25, 0.3) is 0 Å². The summed E-state index contributed by atoms with van der Waals surface area (Å²) >= 11 is 0. The van der Waals surface area contributed by atoms with E-state index in [1.54, 1.807) is 19.2 Å². The van der Waals surface area contributed by atoms with E-state index < -0.39 is 0 Å². The Kier molecular flexibility index (Phi) is 9.57.